The summed E-state index contributed by atoms with van der Waals surface area (Å²) < 4.78 is 0.904. The molecule has 0 saturated heterocycles. The number of nitriles is 2. The van der Waals surface area contributed by atoms with Gasteiger partial charge < -0.3 is 0 Å². The molecule has 0 bridgehead atoms. The van der Waals surface area contributed by atoms with Gasteiger partial charge in [-0.25, -0.2) is 0 Å². The highest BCUT2D eigenvalue weighted by Gasteiger charge is 1.98. The van der Waals surface area contributed by atoms with E-state index in [0.29, 0.717) is 0 Å². The van der Waals surface area contributed by atoms with Crippen molar-refractivity contribution in [1.82, 2.24) is 0 Å². The number of anilines is 1. The number of aryl methyl sites for hydroxylation is 1. The van der Waals surface area contributed by atoms with Crippen molar-refractivity contribution in [3.8, 4) is 12.1 Å². The van der Waals surface area contributed by atoms with E-state index in [1.54, 1.807) is 12.1 Å². The molecule has 74 valence electrons. The maximum atomic E-state index is 8.48. The van der Waals surface area contributed by atoms with E-state index in [9.17, 15) is 0 Å². The first-order valence-corrected chi connectivity index (χ1v) is 4.86. The van der Waals surface area contributed by atoms with E-state index >= 15 is 0 Å². The molecule has 0 atom stereocenters. The van der Waals surface area contributed by atoms with Gasteiger partial charge in [0.05, 0.1) is 5.69 Å². The average molecular weight is 263 g/mol. The summed E-state index contributed by atoms with van der Waals surface area (Å²) in [6.45, 7) is 1.91. The zero-order valence-electron chi connectivity index (χ0n) is 7.95. The fourth-order valence-electron chi connectivity index (χ4n) is 0.906. The maximum Gasteiger partial charge on any atom is 0.237 e. The molecule has 1 aromatic rings. The van der Waals surface area contributed by atoms with E-state index in [2.05, 4.69) is 26.5 Å². The SMILES string of the molecule is Cc1ccc(Br)cc1NN=C(C#N)C#N. The first-order chi connectivity index (χ1) is 7.17. The summed E-state index contributed by atoms with van der Waals surface area (Å²) in [5.74, 6) is 0. The first-order valence-electron chi connectivity index (χ1n) is 4.07. The largest absolute Gasteiger partial charge is 0.276 e. The highest BCUT2D eigenvalue weighted by Crippen LogP contribution is 2.20. The lowest BCUT2D eigenvalue weighted by atomic mass is 10.2. The third-order valence-corrected chi connectivity index (χ3v) is 2.19. The summed E-state index contributed by atoms with van der Waals surface area (Å²) in [7, 11) is 0. The number of hydrazone groups is 1. The fraction of sp³-hybridized carbons (Fsp3) is 0.100. The second-order valence-electron chi connectivity index (χ2n) is 2.76. The lowest BCUT2D eigenvalue weighted by Gasteiger charge is -2.04. The molecule has 0 spiro atoms. The molecule has 0 aromatic heterocycles. The molecule has 0 heterocycles. The number of hydrogen-bond donors (Lipinski definition) is 1. The Balaban J connectivity index is 2.92. The van der Waals surface area contributed by atoms with Crippen LogP contribution in [0.1, 0.15) is 5.56 Å². The minimum absolute atomic E-state index is 0.200. The third-order valence-electron chi connectivity index (χ3n) is 1.70. The normalized spacial score (nSPS) is 8.53. The zero-order valence-corrected chi connectivity index (χ0v) is 9.54. The predicted molar refractivity (Wildman–Crippen MR) is 61.2 cm³/mol. The molecule has 4 nitrogen and oxygen atoms in total. The second-order valence-corrected chi connectivity index (χ2v) is 3.67. The quantitative estimate of drug-likeness (QED) is 0.658. The molecular formula is C10H7BrN4. The summed E-state index contributed by atoms with van der Waals surface area (Å²) in [5.41, 5.74) is 4.21. The Kier molecular flexibility index (Phi) is 3.84. The van der Waals surface area contributed by atoms with Crippen LogP contribution in [0.15, 0.2) is 27.8 Å². The van der Waals surface area contributed by atoms with Crippen molar-refractivity contribution in [1.29, 1.82) is 10.5 Å². The molecular weight excluding hydrogens is 256 g/mol. The number of rotatable bonds is 2. The molecule has 1 N–H and O–H groups in total. The maximum absolute atomic E-state index is 8.48. The standard InChI is InChI=1S/C10H7BrN4/c1-7-2-3-8(11)4-10(7)15-14-9(5-12)6-13/h2-4,15H,1H3. The predicted octanol–water partition coefficient (Wildman–Crippen LogP) is 2.57. The molecule has 0 aliphatic heterocycles. The van der Waals surface area contributed by atoms with Gasteiger partial charge in [-0.1, -0.05) is 22.0 Å². The van der Waals surface area contributed by atoms with E-state index in [1.807, 2.05) is 25.1 Å². The van der Waals surface area contributed by atoms with E-state index in [-0.39, 0.29) is 5.71 Å². The van der Waals surface area contributed by atoms with Crippen molar-refractivity contribution in [2.45, 2.75) is 6.92 Å². The van der Waals surface area contributed by atoms with Crippen LogP contribution in [0.4, 0.5) is 5.69 Å². The highest BCUT2D eigenvalue weighted by atomic mass is 79.9. The minimum atomic E-state index is -0.200. The van der Waals surface area contributed by atoms with E-state index < -0.39 is 0 Å². The topological polar surface area (TPSA) is 72.0 Å². The Bertz CT molecular complexity index is 463. The van der Waals surface area contributed by atoms with E-state index in [4.69, 9.17) is 10.5 Å². The van der Waals surface area contributed by atoms with Crippen molar-refractivity contribution >= 4 is 27.3 Å². The molecule has 0 unspecified atom stereocenters. The van der Waals surface area contributed by atoms with Gasteiger partial charge in [-0.2, -0.15) is 15.6 Å². The monoisotopic (exact) mass is 262 g/mol. The molecule has 15 heavy (non-hydrogen) atoms. The highest BCUT2D eigenvalue weighted by molar-refractivity contribution is 9.10. The van der Waals surface area contributed by atoms with Gasteiger partial charge in [0, 0.05) is 4.47 Å². The number of halogens is 1. The number of nitrogens with zero attached hydrogens (tertiary/aromatic N) is 3. The molecule has 0 aliphatic rings. The van der Waals surface area contributed by atoms with Crippen molar-refractivity contribution in [3.05, 3.63) is 28.2 Å². The van der Waals surface area contributed by atoms with E-state index in [0.717, 1.165) is 15.7 Å². The lowest BCUT2D eigenvalue weighted by molar-refractivity contribution is 1.30. The van der Waals surface area contributed by atoms with Gasteiger partial charge in [-0.15, -0.1) is 0 Å². The Labute approximate surface area is 96.0 Å². The van der Waals surface area contributed by atoms with Crippen molar-refractivity contribution in [3.63, 3.8) is 0 Å². The van der Waals surface area contributed by atoms with Crippen LogP contribution in [0.5, 0.6) is 0 Å². The summed E-state index contributed by atoms with van der Waals surface area (Å²) in [6.07, 6.45) is 0. The zero-order chi connectivity index (χ0) is 11.3. The molecule has 0 amide bonds. The van der Waals surface area contributed by atoms with Gasteiger partial charge in [0.2, 0.25) is 5.71 Å². The van der Waals surface area contributed by atoms with Crippen LogP contribution in [0, 0.1) is 29.6 Å². The minimum Gasteiger partial charge on any atom is -0.276 e. The summed E-state index contributed by atoms with van der Waals surface area (Å²) in [6, 6.07) is 8.97. The summed E-state index contributed by atoms with van der Waals surface area (Å²) >= 11 is 3.32. The summed E-state index contributed by atoms with van der Waals surface area (Å²) in [4.78, 5) is 0. The van der Waals surface area contributed by atoms with Crippen LogP contribution in [-0.4, -0.2) is 5.71 Å². The van der Waals surface area contributed by atoms with Crippen molar-refractivity contribution in [2.24, 2.45) is 5.10 Å². The number of benzene rings is 1. The van der Waals surface area contributed by atoms with Gasteiger partial charge in [0.1, 0.15) is 12.1 Å². The van der Waals surface area contributed by atoms with Gasteiger partial charge in [-0.3, -0.25) is 5.43 Å². The smallest absolute Gasteiger partial charge is 0.237 e. The third kappa shape index (κ3) is 3.08. The van der Waals surface area contributed by atoms with Crippen LogP contribution in [0.25, 0.3) is 0 Å². The Morgan fingerprint density at radius 3 is 2.67 bits per heavy atom. The molecule has 0 aliphatic carbocycles. The molecule has 5 heteroatoms. The van der Waals surface area contributed by atoms with E-state index in [1.165, 1.54) is 0 Å². The van der Waals surface area contributed by atoms with Crippen LogP contribution in [0.3, 0.4) is 0 Å². The van der Waals surface area contributed by atoms with Crippen LogP contribution in [-0.2, 0) is 0 Å². The van der Waals surface area contributed by atoms with Crippen LogP contribution in [0.2, 0.25) is 0 Å². The van der Waals surface area contributed by atoms with Crippen LogP contribution >= 0.6 is 15.9 Å². The van der Waals surface area contributed by atoms with Crippen molar-refractivity contribution in [2.75, 3.05) is 5.43 Å². The Hall–Kier alpha value is -1.85. The first kappa shape index (κ1) is 11.2. The van der Waals surface area contributed by atoms with Gasteiger partial charge in [-0.05, 0) is 24.6 Å². The Morgan fingerprint density at radius 2 is 2.07 bits per heavy atom. The number of hydrogen-bond acceptors (Lipinski definition) is 4. The molecule has 1 aromatic carbocycles. The van der Waals surface area contributed by atoms with Gasteiger partial charge in [0.15, 0.2) is 0 Å². The molecule has 0 fully saturated rings. The van der Waals surface area contributed by atoms with Gasteiger partial charge >= 0.3 is 0 Å². The molecule has 0 saturated carbocycles. The lowest BCUT2D eigenvalue weighted by Crippen LogP contribution is -1.97. The Morgan fingerprint density at radius 1 is 1.40 bits per heavy atom. The molecule has 0 radical (unpaired) electrons. The van der Waals surface area contributed by atoms with Crippen LogP contribution < -0.4 is 5.43 Å². The average Bonchev–Trinajstić information content (AvgIpc) is 2.24. The number of nitrogens with one attached hydrogen (secondary N) is 1. The molecule has 1 rings (SSSR count). The van der Waals surface area contributed by atoms with Crippen molar-refractivity contribution < 1.29 is 0 Å². The summed E-state index contributed by atoms with van der Waals surface area (Å²) in [5, 5.41) is 20.6. The van der Waals surface area contributed by atoms with Gasteiger partial charge in [0.25, 0.3) is 0 Å². The fourth-order valence-corrected chi connectivity index (χ4v) is 1.27. The second kappa shape index (κ2) is 5.14.